The van der Waals surface area contributed by atoms with Crippen LogP contribution in [-0.2, 0) is 0 Å². The molecular weight excluding hydrogens is 353 g/mol. The van der Waals surface area contributed by atoms with Gasteiger partial charge in [0.25, 0.3) is 5.91 Å². The van der Waals surface area contributed by atoms with Gasteiger partial charge in [0, 0.05) is 0 Å². The largest absolute Gasteiger partial charge is 0.342 e. The molecule has 0 bridgehead atoms. The predicted octanol–water partition coefficient (Wildman–Crippen LogP) is 5.06. The average Bonchev–Trinajstić information content (AvgIpc) is 3.06. The van der Waals surface area contributed by atoms with Gasteiger partial charge in [-0.25, -0.2) is 4.98 Å². The van der Waals surface area contributed by atoms with Gasteiger partial charge in [0.15, 0.2) is 0 Å². The lowest BCUT2D eigenvalue weighted by Gasteiger charge is -2.20. The minimum atomic E-state index is -0.252. The summed E-state index contributed by atoms with van der Waals surface area (Å²) < 4.78 is 0.879. The number of nitrogens with one attached hydrogen (secondary N) is 2. The number of para-hydroxylation sites is 2. The second kappa shape index (κ2) is 6.51. The van der Waals surface area contributed by atoms with Crippen LogP contribution in [0.1, 0.15) is 36.1 Å². The van der Waals surface area contributed by atoms with Gasteiger partial charge in [0.1, 0.15) is 10.2 Å². The number of rotatable bonds is 4. The van der Waals surface area contributed by atoms with E-state index in [1.165, 1.54) is 11.3 Å². The van der Waals surface area contributed by atoms with Crippen LogP contribution < -0.4 is 5.32 Å². The molecule has 0 saturated carbocycles. The third-order valence-corrected chi connectivity index (χ3v) is 5.04. The summed E-state index contributed by atoms with van der Waals surface area (Å²) in [5, 5.41) is 3.00. The van der Waals surface area contributed by atoms with Crippen molar-refractivity contribution in [2.75, 3.05) is 0 Å². The lowest BCUT2D eigenvalue weighted by atomic mass is 10.0. The number of halogens is 2. The van der Waals surface area contributed by atoms with Crippen molar-refractivity contribution < 1.29 is 4.79 Å². The van der Waals surface area contributed by atoms with Gasteiger partial charge in [0.2, 0.25) is 0 Å². The van der Waals surface area contributed by atoms with Crippen molar-refractivity contribution in [1.82, 2.24) is 15.3 Å². The van der Waals surface area contributed by atoms with Crippen molar-refractivity contribution in [3.63, 3.8) is 0 Å². The summed E-state index contributed by atoms with van der Waals surface area (Å²) in [7, 11) is 0. The Balaban J connectivity index is 1.90. The first-order valence-electron chi connectivity index (χ1n) is 7.16. The molecule has 4 nitrogen and oxygen atoms in total. The lowest BCUT2D eigenvalue weighted by Crippen LogP contribution is -2.32. The van der Waals surface area contributed by atoms with Crippen molar-refractivity contribution in [3.05, 3.63) is 50.4 Å². The van der Waals surface area contributed by atoms with Gasteiger partial charge in [0.05, 0.1) is 27.0 Å². The summed E-state index contributed by atoms with van der Waals surface area (Å²) in [5.41, 5.74) is 2.21. The number of carbonyl (C=O) groups is 1. The number of hydrogen-bond donors (Lipinski definition) is 2. The molecule has 1 atom stereocenters. The Morgan fingerprint density at radius 3 is 2.65 bits per heavy atom. The Bertz CT molecular complexity index is 823. The molecule has 7 heteroatoms. The van der Waals surface area contributed by atoms with Gasteiger partial charge >= 0.3 is 0 Å². The highest BCUT2D eigenvalue weighted by Crippen LogP contribution is 2.32. The van der Waals surface area contributed by atoms with Crippen molar-refractivity contribution in [2.45, 2.75) is 19.9 Å². The minimum absolute atomic E-state index is 0.160. The summed E-state index contributed by atoms with van der Waals surface area (Å²) in [6.45, 7) is 4.06. The zero-order chi connectivity index (χ0) is 16.6. The monoisotopic (exact) mass is 367 g/mol. The second-order valence-electron chi connectivity index (χ2n) is 5.57. The molecule has 1 unspecified atom stereocenters. The average molecular weight is 368 g/mol. The molecule has 0 aliphatic carbocycles. The van der Waals surface area contributed by atoms with Gasteiger partial charge < -0.3 is 10.3 Å². The van der Waals surface area contributed by atoms with Gasteiger partial charge in [-0.05, 0) is 24.1 Å². The minimum Gasteiger partial charge on any atom is -0.342 e. The molecule has 0 spiro atoms. The topological polar surface area (TPSA) is 57.8 Å². The third-order valence-electron chi connectivity index (χ3n) is 3.56. The molecule has 23 heavy (non-hydrogen) atoms. The van der Waals surface area contributed by atoms with Crippen molar-refractivity contribution in [1.29, 1.82) is 0 Å². The van der Waals surface area contributed by atoms with E-state index in [0.29, 0.717) is 14.2 Å². The van der Waals surface area contributed by atoms with Crippen LogP contribution in [0.25, 0.3) is 11.0 Å². The van der Waals surface area contributed by atoms with Gasteiger partial charge in [-0.3, -0.25) is 4.79 Å². The fourth-order valence-corrected chi connectivity index (χ4v) is 3.84. The van der Waals surface area contributed by atoms with Gasteiger partial charge in [-0.1, -0.05) is 49.2 Å². The van der Waals surface area contributed by atoms with E-state index in [2.05, 4.69) is 15.3 Å². The number of amides is 1. The standard InChI is InChI=1S/C16H15Cl2N3OS/c1-8(2)13(15-19-10-5-3-4-6-11(10)20-15)21-16(22)9-7-12(17)23-14(9)18/h3-8,13H,1-2H3,(H,19,20)(H,21,22). The summed E-state index contributed by atoms with van der Waals surface area (Å²) >= 11 is 13.2. The molecule has 120 valence electrons. The second-order valence-corrected chi connectivity index (χ2v) is 7.86. The number of nitrogens with zero attached hydrogens (tertiary/aromatic N) is 1. The molecule has 0 saturated heterocycles. The molecule has 1 aromatic carbocycles. The molecule has 0 fully saturated rings. The van der Waals surface area contributed by atoms with E-state index in [1.54, 1.807) is 6.07 Å². The fourth-order valence-electron chi connectivity index (χ4n) is 2.38. The summed E-state index contributed by atoms with van der Waals surface area (Å²) in [6, 6.07) is 9.11. The Hall–Kier alpha value is -1.56. The van der Waals surface area contributed by atoms with E-state index in [1.807, 2.05) is 38.1 Å². The number of carbonyl (C=O) groups excluding carboxylic acids is 1. The third kappa shape index (κ3) is 3.37. The van der Waals surface area contributed by atoms with Crippen LogP contribution in [0, 0.1) is 5.92 Å². The predicted molar refractivity (Wildman–Crippen MR) is 95.5 cm³/mol. The molecule has 2 aromatic heterocycles. The van der Waals surface area contributed by atoms with E-state index >= 15 is 0 Å². The molecule has 2 heterocycles. The zero-order valence-electron chi connectivity index (χ0n) is 12.6. The SMILES string of the molecule is CC(C)C(NC(=O)c1cc(Cl)sc1Cl)c1nc2ccccc2[nH]1. The van der Waals surface area contributed by atoms with Crippen LogP contribution in [0.15, 0.2) is 30.3 Å². The van der Waals surface area contributed by atoms with Crippen LogP contribution >= 0.6 is 34.5 Å². The molecule has 3 aromatic rings. The number of hydrogen-bond acceptors (Lipinski definition) is 3. The fraction of sp³-hybridized carbons (Fsp3) is 0.250. The van der Waals surface area contributed by atoms with Crippen LogP contribution in [-0.4, -0.2) is 15.9 Å². The Labute approximate surface area is 147 Å². The Kier molecular flexibility index (Phi) is 4.62. The molecule has 1 amide bonds. The van der Waals surface area contributed by atoms with Gasteiger partial charge in [-0.2, -0.15) is 0 Å². The quantitative estimate of drug-likeness (QED) is 0.676. The molecule has 0 radical (unpaired) electrons. The number of aromatic nitrogens is 2. The van der Waals surface area contributed by atoms with Crippen LogP contribution in [0.4, 0.5) is 0 Å². The molecule has 3 rings (SSSR count). The van der Waals surface area contributed by atoms with Crippen LogP contribution in [0.2, 0.25) is 8.67 Å². The summed E-state index contributed by atoms with van der Waals surface area (Å²) in [6.07, 6.45) is 0. The normalized spacial score (nSPS) is 12.7. The first-order chi connectivity index (χ1) is 11.0. The number of fused-ring (bicyclic) bond motifs is 1. The summed E-state index contributed by atoms with van der Waals surface area (Å²) in [4.78, 5) is 20.3. The molecule has 0 aliphatic heterocycles. The van der Waals surface area contributed by atoms with E-state index < -0.39 is 0 Å². The Morgan fingerprint density at radius 1 is 1.30 bits per heavy atom. The van der Waals surface area contributed by atoms with E-state index in [4.69, 9.17) is 23.2 Å². The first kappa shape index (κ1) is 16.3. The highest BCUT2D eigenvalue weighted by atomic mass is 35.5. The number of benzene rings is 1. The maximum Gasteiger partial charge on any atom is 0.254 e. The van der Waals surface area contributed by atoms with Crippen molar-refractivity contribution in [2.24, 2.45) is 5.92 Å². The molecule has 2 N–H and O–H groups in total. The molecule has 0 aliphatic rings. The van der Waals surface area contributed by atoms with Crippen LogP contribution in [0.5, 0.6) is 0 Å². The number of imidazole rings is 1. The lowest BCUT2D eigenvalue weighted by molar-refractivity contribution is 0.0924. The maximum atomic E-state index is 12.5. The van der Waals surface area contributed by atoms with Crippen LogP contribution in [0.3, 0.4) is 0 Å². The van der Waals surface area contributed by atoms with Crippen molar-refractivity contribution >= 4 is 51.5 Å². The van der Waals surface area contributed by atoms with E-state index in [9.17, 15) is 4.79 Å². The number of H-pyrrole nitrogens is 1. The van der Waals surface area contributed by atoms with E-state index in [-0.39, 0.29) is 17.9 Å². The first-order valence-corrected chi connectivity index (χ1v) is 8.73. The van der Waals surface area contributed by atoms with E-state index in [0.717, 1.165) is 16.9 Å². The Morgan fingerprint density at radius 2 is 2.04 bits per heavy atom. The summed E-state index contributed by atoms with van der Waals surface area (Å²) in [5.74, 6) is 0.636. The highest BCUT2D eigenvalue weighted by Gasteiger charge is 2.24. The zero-order valence-corrected chi connectivity index (χ0v) is 14.9. The molecular formula is C16H15Cl2N3OS. The number of aromatic amines is 1. The number of thiophene rings is 1. The highest BCUT2D eigenvalue weighted by molar-refractivity contribution is 7.20. The van der Waals surface area contributed by atoms with Gasteiger partial charge in [-0.15, -0.1) is 11.3 Å². The van der Waals surface area contributed by atoms with Crippen molar-refractivity contribution in [3.8, 4) is 0 Å². The smallest absolute Gasteiger partial charge is 0.254 e. The maximum absolute atomic E-state index is 12.5.